The van der Waals surface area contributed by atoms with Crippen molar-refractivity contribution in [1.82, 2.24) is 4.90 Å². The van der Waals surface area contributed by atoms with Gasteiger partial charge in [-0.25, -0.2) is 0 Å². The molecule has 1 saturated carbocycles. The molecule has 0 unspecified atom stereocenters. The van der Waals surface area contributed by atoms with E-state index in [1.54, 1.807) is 0 Å². The number of nitrogens with zero attached hydrogens (tertiary/aromatic N) is 1. The molecule has 0 radical (unpaired) electrons. The fraction of sp³-hybridized carbons (Fsp3) is 0.909. The Labute approximate surface area is 90.9 Å². The standard InChI is InChI=1S/C11H21NO3/c1-3-11(15,4-2)8-12(7-10(13)14)9-5-6-9/h9,15H,3-8H2,1-2H3,(H,13,14). The first-order chi connectivity index (χ1) is 7.00. The smallest absolute Gasteiger partial charge is 0.317 e. The van der Waals surface area contributed by atoms with Crippen LogP contribution in [0.25, 0.3) is 0 Å². The highest BCUT2D eigenvalue weighted by molar-refractivity contribution is 5.69. The van der Waals surface area contributed by atoms with Crippen LogP contribution in [0.5, 0.6) is 0 Å². The Bertz CT molecular complexity index is 222. The minimum Gasteiger partial charge on any atom is -0.480 e. The minimum absolute atomic E-state index is 0.0486. The molecule has 4 heteroatoms. The summed E-state index contributed by atoms with van der Waals surface area (Å²) in [4.78, 5) is 12.6. The van der Waals surface area contributed by atoms with E-state index in [0.717, 1.165) is 12.8 Å². The van der Waals surface area contributed by atoms with E-state index in [2.05, 4.69) is 0 Å². The molecule has 88 valence electrons. The van der Waals surface area contributed by atoms with Gasteiger partial charge < -0.3 is 10.2 Å². The van der Waals surface area contributed by atoms with Crippen LogP contribution in [0.1, 0.15) is 39.5 Å². The molecule has 1 aliphatic carbocycles. The SMILES string of the molecule is CCC(O)(CC)CN(CC(=O)O)C1CC1. The molecule has 0 amide bonds. The van der Waals surface area contributed by atoms with Gasteiger partial charge >= 0.3 is 5.97 Å². The van der Waals surface area contributed by atoms with Crippen LogP contribution >= 0.6 is 0 Å². The first-order valence-electron chi connectivity index (χ1n) is 5.69. The topological polar surface area (TPSA) is 60.8 Å². The normalized spacial score (nSPS) is 17.1. The summed E-state index contributed by atoms with van der Waals surface area (Å²) in [6.07, 6.45) is 3.48. The Morgan fingerprint density at radius 3 is 2.27 bits per heavy atom. The Morgan fingerprint density at radius 2 is 1.93 bits per heavy atom. The third-order valence-corrected chi connectivity index (χ3v) is 3.22. The summed E-state index contributed by atoms with van der Waals surface area (Å²) in [6.45, 7) is 4.41. The van der Waals surface area contributed by atoms with Crippen LogP contribution in [0.3, 0.4) is 0 Å². The van der Waals surface area contributed by atoms with Gasteiger partial charge in [0.05, 0.1) is 12.1 Å². The number of hydrogen-bond donors (Lipinski definition) is 2. The molecule has 0 saturated heterocycles. The number of rotatable bonds is 7. The first kappa shape index (κ1) is 12.5. The van der Waals surface area contributed by atoms with Gasteiger partial charge in [-0.2, -0.15) is 0 Å². The lowest BCUT2D eigenvalue weighted by molar-refractivity contribution is -0.139. The zero-order chi connectivity index (χ0) is 11.5. The van der Waals surface area contributed by atoms with Crippen LogP contribution in [0.2, 0.25) is 0 Å². The summed E-state index contributed by atoms with van der Waals surface area (Å²) >= 11 is 0. The van der Waals surface area contributed by atoms with Gasteiger partial charge in [0.1, 0.15) is 0 Å². The monoisotopic (exact) mass is 215 g/mol. The van der Waals surface area contributed by atoms with Crippen molar-refractivity contribution in [3.63, 3.8) is 0 Å². The van der Waals surface area contributed by atoms with E-state index < -0.39 is 11.6 Å². The van der Waals surface area contributed by atoms with Crippen LogP contribution in [0, 0.1) is 0 Å². The van der Waals surface area contributed by atoms with Crippen molar-refractivity contribution < 1.29 is 15.0 Å². The second-order valence-corrected chi connectivity index (χ2v) is 4.46. The lowest BCUT2D eigenvalue weighted by Crippen LogP contribution is -2.45. The summed E-state index contributed by atoms with van der Waals surface area (Å²) in [7, 11) is 0. The lowest BCUT2D eigenvalue weighted by atomic mass is 9.96. The van der Waals surface area contributed by atoms with Gasteiger partial charge in [0.2, 0.25) is 0 Å². The van der Waals surface area contributed by atoms with Gasteiger partial charge in [0.25, 0.3) is 0 Å². The van der Waals surface area contributed by atoms with E-state index >= 15 is 0 Å². The van der Waals surface area contributed by atoms with Crippen molar-refractivity contribution in [3.05, 3.63) is 0 Å². The minimum atomic E-state index is -0.809. The van der Waals surface area contributed by atoms with Crippen LogP contribution < -0.4 is 0 Å². The second kappa shape index (κ2) is 4.94. The zero-order valence-electron chi connectivity index (χ0n) is 9.57. The molecule has 0 spiro atoms. The maximum atomic E-state index is 10.7. The number of carboxylic acid groups (broad SMARTS) is 1. The molecule has 1 fully saturated rings. The highest BCUT2D eigenvalue weighted by Gasteiger charge is 2.35. The van der Waals surface area contributed by atoms with Crippen molar-refractivity contribution in [3.8, 4) is 0 Å². The van der Waals surface area contributed by atoms with Gasteiger partial charge in [-0.3, -0.25) is 9.69 Å². The molecule has 0 aliphatic heterocycles. The van der Waals surface area contributed by atoms with Crippen molar-refractivity contribution in [1.29, 1.82) is 0 Å². The van der Waals surface area contributed by atoms with Crippen molar-refractivity contribution in [2.45, 2.75) is 51.2 Å². The summed E-state index contributed by atoms with van der Waals surface area (Å²) < 4.78 is 0. The molecule has 0 bridgehead atoms. The van der Waals surface area contributed by atoms with Crippen molar-refractivity contribution in [2.24, 2.45) is 0 Å². The molecule has 1 rings (SSSR count). The molecule has 15 heavy (non-hydrogen) atoms. The van der Waals surface area contributed by atoms with E-state index in [4.69, 9.17) is 5.11 Å². The molecule has 0 aromatic heterocycles. The molecular weight excluding hydrogens is 194 g/mol. The Kier molecular flexibility index (Phi) is 4.11. The van der Waals surface area contributed by atoms with Crippen LogP contribution in [0.15, 0.2) is 0 Å². The molecule has 1 aliphatic rings. The number of carboxylic acids is 1. The average molecular weight is 215 g/mol. The maximum Gasteiger partial charge on any atom is 0.317 e. The van der Waals surface area contributed by atoms with Gasteiger partial charge in [-0.05, 0) is 25.7 Å². The number of aliphatic hydroxyl groups is 1. The van der Waals surface area contributed by atoms with Gasteiger partial charge in [-0.1, -0.05) is 13.8 Å². The summed E-state index contributed by atoms with van der Waals surface area (Å²) in [5.41, 5.74) is -0.724. The van der Waals surface area contributed by atoms with Crippen molar-refractivity contribution >= 4 is 5.97 Å². The van der Waals surface area contributed by atoms with E-state index in [1.165, 1.54) is 0 Å². The first-order valence-corrected chi connectivity index (χ1v) is 5.69. The second-order valence-electron chi connectivity index (χ2n) is 4.46. The molecule has 0 aromatic rings. The molecular formula is C11H21NO3. The highest BCUT2D eigenvalue weighted by atomic mass is 16.4. The predicted molar refractivity (Wildman–Crippen MR) is 57.8 cm³/mol. The fourth-order valence-electron chi connectivity index (χ4n) is 1.78. The van der Waals surface area contributed by atoms with Gasteiger partial charge in [0.15, 0.2) is 0 Å². The van der Waals surface area contributed by atoms with Crippen LogP contribution in [-0.2, 0) is 4.79 Å². The molecule has 0 heterocycles. The summed E-state index contributed by atoms with van der Waals surface area (Å²) in [5, 5.41) is 18.9. The lowest BCUT2D eigenvalue weighted by Gasteiger charge is -2.32. The van der Waals surface area contributed by atoms with Gasteiger partial charge in [0, 0.05) is 12.6 Å². The van der Waals surface area contributed by atoms with E-state index in [9.17, 15) is 9.90 Å². The Balaban J connectivity index is 2.52. The third-order valence-electron chi connectivity index (χ3n) is 3.22. The average Bonchev–Trinajstić information content (AvgIpc) is 2.99. The Morgan fingerprint density at radius 1 is 1.40 bits per heavy atom. The number of carbonyl (C=O) groups is 1. The van der Waals surface area contributed by atoms with Crippen molar-refractivity contribution in [2.75, 3.05) is 13.1 Å². The molecule has 2 N–H and O–H groups in total. The predicted octanol–water partition coefficient (Wildman–Crippen LogP) is 1.09. The fourth-order valence-corrected chi connectivity index (χ4v) is 1.78. The van der Waals surface area contributed by atoms with Crippen LogP contribution in [0.4, 0.5) is 0 Å². The number of aliphatic carboxylic acids is 1. The number of hydrogen-bond acceptors (Lipinski definition) is 3. The highest BCUT2D eigenvalue weighted by Crippen LogP contribution is 2.29. The van der Waals surface area contributed by atoms with E-state index in [1.807, 2.05) is 18.7 Å². The summed E-state index contributed by atoms with van der Waals surface area (Å²) in [6, 6.07) is 0.380. The third kappa shape index (κ3) is 3.80. The molecule has 4 nitrogen and oxygen atoms in total. The zero-order valence-corrected chi connectivity index (χ0v) is 9.57. The van der Waals surface area contributed by atoms with Crippen LogP contribution in [-0.4, -0.2) is 45.8 Å². The largest absolute Gasteiger partial charge is 0.480 e. The molecule has 0 atom stereocenters. The summed E-state index contributed by atoms with van der Waals surface area (Å²) in [5.74, 6) is -0.809. The quantitative estimate of drug-likeness (QED) is 0.667. The Hall–Kier alpha value is -0.610. The molecule has 0 aromatic carbocycles. The maximum absolute atomic E-state index is 10.7. The van der Waals surface area contributed by atoms with Gasteiger partial charge in [-0.15, -0.1) is 0 Å². The van der Waals surface area contributed by atoms with E-state index in [0.29, 0.717) is 25.4 Å². The van der Waals surface area contributed by atoms with E-state index in [-0.39, 0.29) is 6.54 Å².